The maximum Gasteiger partial charge on any atom is 0.256 e. The maximum absolute atomic E-state index is 14.1. The Balaban J connectivity index is 1.45. The van der Waals surface area contributed by atoms with Crippen molar-refractivity contribution in [2.24, 2.45) is 5.73 Å². The average Bonchev–Trinajstić information content (AvgIpc) is 3.89. The lowest BCUT2D eigenvalue weighted by molar-refractivity contribution is -0.127. The summed E-state index contributed by atoms with van der Waals surface area (Å²) >= 11 is 0. The minimum absolute atomic E-state index is 0.0202. The number of methoxy groups -OCH3 is 2. The molecule has 0 saturated carbocycles. The molecule has 4 rings (SSSR count). The number of carbonyl (C=O) groups is 3. The zero-order valence-electron chi connectivity index (χ0n) is 46.0. The van der Waals surface area contributed by atoms with Crippen LogP contribution in [0.4, 0.5) is 11.4 Å². The van der Waals surface area contributed by atoms with Crippen LogP contribution in [0.3, 0.4) is 0 Å². The number of rotatable bonds is 29. The van der Waals surface area contributed by atoms with Crippen molar-refractivity contribution >= 4 is 45.7 Å². The van der Waals surface area contributed by atoms with E-state index in [4.69, 9.17) is 59.2 Å². The highest BCUT2D eigenvalue weighted by Crippen LogP contribution is 2.40. The first-order valence-corrected chi connectivity index (χ1v) is 31.2. The van der Waals surface area contributed by atoms with E-state index in [2.05, 4.69) is 86.2 Å². The first-order valence-electron chi connectivity index (χ1n) is 25.4. The van der Waals surface area contributed by atoms with Crippen LogP contribution in [0.5, 0.6) is 23.0 Å². The Bertz CT molecular complexity index is 2060. The largest absolute Gasteiger partial charge is 0.493 e. The van der Waals surface area contributed by atoms with Crippen LogP contribution in [-0.4, -0.2) is 162 Å². The zero-order chi connectivity index (χ0) is 54.3. The number of benzene rings is 2. The molecule has 0 spiro atoms. The van der Waals surface area contributed by atoms with Crippen molar-refractivity contribution in [3.63, 3.8) is 0 Å². The molecule has 2 aliphatic heterocycles. The van der Waals surface area contributed by atoms with Crippen LogP contribution >= 0.6 is 0 Å². The summed E-state index contributed by atoms with van der Waals surface area (Å²) in [5.41, 5.74) is 21.5. The maximum atomic E-state index is 14.1. The van der Waals surface area contributed by atoms with Gasteiger partial charge in [0.05, 0.1) is 96.9 Å². The van der Waals surface area contributed by atoms with Crippen molar-refractivity contribution in [1.29, 1.82) is 0 Å². The van der Waals surface area contributed by atoms with E-state index in [1.54, 1.807) is 34.1 Å². The molecule has 0 aromatic heterocycles. The Labute approximate surface area is 437 Å². The lowest BCUT2D eigenvalue weighted by Crippen LogP contribution is -2.46. The van der Waals surface area contributed by atoms with Crippen molar-refractivity contribution in [2.75, 3.05) is 111 Å². The molecule has 20 heteroatoms. The van der Waals surface area contributed by atoms with Gasteiger partial charge in [0, 0.05) is 62.0 Å². The monoisotopic (exact) mass is 1060 g/mol. The quantitative estimate of drug-likeness (QED) is 0.0274. The highest BCUT2D eigenvalue weighted by atomic mass is 28.4. The SMILES string of the molecule is C=C1CC(CO[Si](C)(C)C(C)(C)C)N(C(=O)c2cc(OC)c(OCCC(CCOc3cc(N)c(C(=O)N4CC(=C)C[C@H]4CO[Si](C)(C)C(C)(C)C)cc3OC)NC(=O)COCCOCCOCCN)cc2N)C1. The second kappa shape index (κ2) is 27.2. The molecule has 18 nitrogen and oxygen atoms in total. The topological polar surface area (TPSA) is 231 Å². The fourth-order valence-electron chi connectivity index (χ4n) is 7.82. The summed E-state index contributed by atoms with van der Waals surface area (Å²) in [7, 11) is -1.15. The van der Waals surface area contributed by atoms with E-state index in [1.807, 2.05) is 0 Å². The molecule has 3 amide bonds. The van der Waals surface area contributed by atoms with Crippen LogP contribution in [0.25, 0.3) is 0 Å². The Morgan fingerprint density at radius 1 is 0.644 bits per heavy atom. The minimum Gasteiger partial charge on any atom is -0.493 e. The Morgan fingerprint density at radius 2 is 1.04 bits per heavy atom. The van der Waals surface area contributed by atoms with Crippen LogP contribution in [0.15, 0.2) is 48.6 Å². The van der Waals surface area contributed by atoms with E-state index in [-0.39, 0.29) is 95.4 Å². The molecule has 2 fully saturated rings. The smallest absolute Gasteiger partial charge is 0.256 e. The van der Waals surface area contributed by atoms with Gasteiger partial charge in [-0.15, -0.1) is 0 Å². The number of amides is 3. The van der Waals surface area contributed by atoms with Gasteiger partial charge in [-0.25, -0.2) is 0 Å². The van der Waals surface area contributed by atoms with Crippen molar-refractivity contribution < 1.29 is 56.4 Å². The van der Waals surface area contributed by atoms with E-state index in [0.717, 1.165) is 11.1 Å². The minimum atomic E-state index is -2.07. The van der Waals surface area contributed by atoms with Gasteiger partial charge in [0.1, 0.15) is 6.61 Å². The van der Waals surface area contributed by atoms with Crippen molar-refractivity contribution in [2.45, 2.75) is 122 Å². The van der Waals surface area contributed by atoms with Gasteiger partial charge in [0.15, 0.2) is 39.6 Å². The standard InChI is InChI=1S/C53H88N6O12Si2/c1-36-25-39(33-70-72(11,12)52(3,4)5)58(31-36)50(61)41-27-45(63-9)47(29-43(41)55)68-18-15-38(57-49(60)35-67-24-23-66-22-21-65-20-17-54)16-19-69-48-30-44(56)42(28-46(48)64-10)51(62)59-32-37(2)26-40(59)34-71-73(13,14)53(6,7)8/h27-30,38-40H,1-2,15-26,31-35,54-56H2,3-14H3,(H,57,60)/t38?,39-,40?/m0/s1. The van der Waals surface area contributed by atoms with Crippen LogP contribution in [0.2, 0.25) is 36.3 Å². The van der Waals surface area contributed by atoms with Gasteiger partial charge in [-0.2, -0.15) is 0 Å². The number of likely N-dealkylation sites (tertiary alicyclic amines) is 2. The number of carbonyl (C=O) groups excluding carboxylic acids is 3. The fraction of sp³-hybridized carbons (Fsp3) is 0.642. The normalized spacial score (nSPS) is 17.0. The van der Waals surface area contributed by atoms with Gasteiger partial charge in [-0.1, -0.05) is 65.8 Å². The molecule has 2 aromatic rings. The van der Waals surface area contributed by atoms with Gasteiger partial charge in [-0.05, 0) is 61.2 Å². The highest BCUT2D eigenvalue weighted by molar-refractivity contribution is 6.74. The molecule has 3 atom stereocenters. The van der Waals surface area contributed by atoms with Gasteiger partial charge < -0.3 is 74.3 Å². The first-order chi connectivity index (χ1) is 34.2. The third kappa shape index (κ3) is 17.4. The highest BCUT2D eigenvalue weighted by Gasteiger charge is 2.42. The predicted octanol–water partition coefficient (Wildman–Crippen LogP) is 7.18. The average molecular weight is 1060 g/mol. The van der Waals surface area contributed by atoms with Gasteiger partial charge in [-0.3, -0.25) is 14.4 Å². The lowest BCUT2D eigenvalue weighted by atomic mass is 10.1. The number of anilines is 2. The number of hydrogen-bond acceptors (Lipinski definition) is 15. The zero-order valence-corrected chi connectivity index (χ0v) is 48.0. The summed E-state index contributed by atoms with van der Waals surface area (Å²) in [6, 6.07) is 5.57. The number of nitrogens with two attached hydrogens (primary N) is 3. The summed E-state index contributed by atoms with van der Waals surface area (Å²) in [5, 5.41) is 3.08. The number of nitrogen functional groups attached to an aromatic ring is 2. The molecule has 0 bridgehead atoms. The molecule has 0 radical (unpaired) electrons. The lowest BCUT2D eigenvalue weighted by Gasteiger charge is -2.38. The molecule has 2 saturated heterocycles. The van der Waals surface area contributed by atoms with E-state index >= 15 is 0 Å². The number of nitrogens with one attached hydrogen (secondary N) is 1. The second-order valence-corrected chi connectivity index (χ2v) is 31.6. The Kier molecular flexibility index (Phi) is 22.7. The summed E-state index contributed by atoms with van der Waals surface area (Å²) in [6.07, 6.45) is 1.97. The second-order valence-electron chi connectivity index (χ2n) is 22.0. The fourth-order valence-corrected chi connectivity index (χ4v) is 9.90. The number of nitrogens with zero attached hydrogens (tertiary/aromatic N) is 2. The van der Waals surface area contributed by atoms with E-state index in [0.29, 0.717) is 101 Å². The van der Waals surface area contributed by atoms with E-state index in [9.17, 15) is 14.4 Å². The Morgan fingerprint density at radius 3 is 1.42 bits per heavy atom. The number of ether oxygens (including phenoxy) is 7. The van der Waals surface area contributed by atoms with E-state index < -0.39 is 22.7 Å². The molecule has 410 valence electrons. The molecule has 73 heavy (non-hydrogen) atoms. The molecular formula is C53H88N6O12Si2. The van der Waals surface area contributed by atoms with Crippen LogP contribution in [-0.2, 0) is 27.9 Å². The predicted molar refractivity (Wildman–Crippen MR) is 292 cm³/mol. The van der Waals surface area contributed by atoms with Crippen molar-refractivity contribution in [3.8, 4) is 23.0 Å². The first kappa shape index (κ1) is 60.9. The van der Waals surface area contributed by atoms with Gasteiger partial charge in [0.2, 0.25) is 5.91 Å². The third-order valence-corrected chi connectivity index (χ3v) is 23.3. The van der Waals surface area contributed by atoms with Crippen LogP contribution in [0.1, 0.15) is 87.9 Å². The van der Waals surface area contributed by atoms with Crippen molar-refractivity contribution in [1.82, 2.24) is 15.1 Å². The third-order valence-electron chi connectivity index (χ3n) is 14.3. The van der Waals surface area contributed by atoms with Crippen LogP contribution in [0, 0.1) is 0 Å². The van der Waals surface area contributed by atoms with E-state index in [1.165, 1.54) is 14.2 Å². The summed E-state index contributed by atoms with van der Waals surface area (Å²) in [6.45, 7) is 34.1. The van der Waals surface area contributed by atoms with Gasteiger partial charge in [0.25, 0.3) is 11.8 Å². The molecule has 2 heterocycles. The van der Waals surface area contributed by atoms with Crippen molar-refractivity contribution in [3.05, 3.63) is 59.7 Å². The molecule has 0 aliphatic carbocycles. The summed E-state index contributed by atoms with van der Waals surface area (Å²) in [4.78, 5) is 45.0. The summed E-state index contributed by atoms with van der Waals surface area (Å²) < 4.78 is 53.4. The van der Waals surface area contributed by atoms with Crippen LogP contribution < -0.4 is 41.5 Å². The Hall–Kier alpha value is -4.68. The molecule has 2 unspecified atom stereocenters. The molecular weight excluding hydrogens is 969 g/mol. The summed E-state index contributed by atoms with van der Waals surface area (Å²) in [5.74, 6) is 0.485. The number of hydrogen-bond donors (Lipinski definition) is 4. The molecule has 2 aromatic carbocycles. The molecule has 2 aliphatic rings. The molecule has 7 N–H and O–H groups in total. The van der Waals surface area contributed by atoms with Gasteiger partial charge >= 0.3 is 0 Å².